The molecular formula is C18H24N2O3. The van der Waals surface area contributed by atoms with Crippen LogP contribution in [0.1, 0.15) is 35.2 Å². The van der Waals surface area contributed by atoms with Gasteiger partial charge in [0.25, 0.3) is 5.91 Å². The Balaban J connectivity index is 1.46. The van der Waals surface area contributed by atoms with Gasteiger partial charge in [0.1, 0.15) is 0 Å². The van der Waals surface area contributed by atoms with Crippen molar-refractivity contribution in [1.29, 1.82) is 0 Å². The van der Waals surface area contributed by atoms with Gasteiger partial charge in [-0.05, 0) is 31.9 Å². The molecule has 2 heterocycles. The van der Waals surface area contributed by atoms with Gasteiger partial charge in [-0.25, -0.2) is 0 Å². The highest BCUT2D eigenvalue weighted by molar-refractivity contribution is 5.94. The predicted octanol–water partition coefficient (Wildman–Crippen LogP) is 1.85. The van der Waals surface area contributed by atoms with Gasteiger partial charge < -0.3 is 14.5 Å². The van der Waals surface area contributed by atoms with E-state index in [1.54, 1.807) is 0 Å². The zero-order valence-corrected chi connectivity index (χ0v) is 13.7. The van der Waals surface area contributed by atoms with Crippen molar-refractivity contribution in [3.63, 3.8) is 0 Å². The molecule has 2 aliphatic heterocycles. The van der Waals surface area contributed by atoms with E-state index in [0.717, 1.165) is 30.6 Å². The summed E-state index contributed by atoms with van der Waals surface area (Å²) in [6.45, 7) is 5.31. The summed E-state index contributed by atoms with van der Waals surface area (Å²) < 4.78 is 5.35. The first-order valence-electron chi connectivity index (χ1n) is 8.39. The first kappa shape index (κ1) is 16.0. The van der Waals surface area contributed by atoms with Gasteiger partial charge in [-0.15, -0.1) is 0 Å². The molecule has 124 valence electrons. The molecule has 2 fully saturated rings. The van der Waals surface area contributed by atoms with Gasteiger partial charge in [-0.3, -0.25) is 9.59 Å². The fourth-order valence-electron chi connectivity index (χ4n) is 2.99. The van der Waals surface area contributed by atoms with E-state index in [9.17, 15) is 9.59 Å². The van der Waals surface area contributed by atoms with E-state index in [4.69, 9.17) is 4.74 Å². The lowest BCUT2D eigenvalue weighted by Crippen LogP contribution is -2.50. The van der Waals surface area contributed by atoms with E-state index < -0.39 is 0 Å². The number of hydrogen-bond donors (Lipinski definition) is 0. The molecule has 0 spiro atoms. The molecule has 0 bridgehead atoms. The van der Waals surface area contributed by atoms with Crippen LogP contribution in [0.25, 0.3) is 0 Å². The van der Waals surface area contributed by atoms with Crippen LogP contribution in [0, 0.1) is 6.92 Å². The third kappa shape index (κ3) is 3.91. The molecule has 0 aromatic heterocycles. The maximum atomic E-state index is 12.5. The average Bonchev–Trinajstić information content (AvgIpc) is 2.53. The molecule has 3 rings (SSSR count). The van der Waals surface area contributed by atoms with Crippen LogP contribution in [0.4, 0.5) is 0 Å². The summed E-state index contributed by atoms with van der Waals surface area (Å²) in [4.78, 5) is 28.4. The molecule has 23 heavy (non-hydrogen) atoms. The molecule has 1 unspecified atom stereocenters. The molecule has 0 N–H and O–H groups in total. The van der Waals surface area contributed by atoms with Crippen molar-refractivity contribution in [3.05, 3.63) is 35.4 Å². The van der Waals surface area contributed by atoms with Crippen LogP contribution in [0.15, 0.2) is 24.3 Å². The van der Waals surface area contributed by atoms with Crippen molar-refractivity contribution in [3.8, 4) is 0 Å². The number of amides is 2. The zero-order chi connectivity index (χ0) is 16.2. The van der Waals surface area contributed by atoms with Gasteiger partial charge in [0, 0.05) is 44.8 Å². The van der Waals surface area contributed by atoms with Crippen molar-refractivity contribution in [1.82, 2.24) is 9.80 Å². The first-order valence-corrected chi connectivity index (χ1v) is 8.39. The molecule has 0 aliphatic carbocycles. The SMILES string of the molecule is Cc1ccc(C(=O)N2CCN(C(=O)CCC3CCO3)CC2)cc1. The molecule has 5 nitrogen and oxygen atoms in total. The Hall–Kier alpha value is -1.88. The van der Waals surface area contributed by atoms with Gasteiger partial charge >= 0.3 is 0 Å². The monoisotopic (exact) mass is 316 g/mol. The Bertz CT molecular complexity index is 558. The van der Waals surface area contributed by atoms with Gasteiger partial charge in [-0.2, -0.15) is 0 Å². The van der Waals surface area contributed by atoms with Crippen molar-refractivity contribution in [2.45, 2.75) is 32.3 Å². The minimum atomic E-state index is 0.0555. The van der Waals surface area contributed by atoms with Gasteiger partial charge in [0.2, 0.25) is 5.91 Å². The van der Waals surface area contributed by atoms with Crippen LogP contribution in [0.2, 0.25) is 0 Å². The Morgan fingerprint density at radius 2 is 1.70 bits per heavy atom. The van der Waals surface area contributed by atoms with Crippen LogP contribution in [-0.2, 0) is 9.53 Å². The highest BCUT2D eigenvalue weighted by atomic mass is 16.5. The number of carbonyl (C=O) groups is 2. The first-order chi connectivity index (χ1) is 11.1. The normalized spacial score (nSPS) is 21.0. The van der Waals surface area contributed by atoms with E-state index in [1.165, 1.54) is 0 Å². The fraction of sp³-hybridized carbons (Fsp3) is 0.556. The summed E-state index contributed by atoms with van der Waals surface area (Å²) in [5, 5.41) is 0. The Kier molecular flexibility index (Phi) is 4.96. The summed E-state index contributed by atoms with van der Waals surface area (Å²) in [7, 11) is 0. The van der Waals surface area contributed by atoms with Crippen LogP contribution in [0.3, 0.4) is 0 Å². The second-order valence-electron chi connectivity index (χ2n) is 6.36. The summed E-state index contributed by atoms with van der Waals surface area (Å²) in [6, 6.07) is 7.65. The smallest absolute Gasteiger partial charge is 0.253 e. The van der Waals surface area contributed by atoms with Crippen molar-refractivity contribution in [2.75, 3.05) is 32.8 Å². The summed E-state index contributed by atoms with van der Waals surface area (Å²) in [6.07, 6.45) is 2.73. The van der Waals surface area contributed by atoms with E-state index in [0.29, 0.717) is 32.6 Å². The van der Waals surface area contributed by atoms with Crippen molar-refractivity contribution < 1.29 is 14.3 Å². The second kappa shape index (κ2) is 7.13. The Morgan fingerprint density at radius 1 is 1.09 bits per heavy atom. The number of aryl methyl sites for hydroxylation is 1. The highest BCUT2D eigenvalue weighted by Gasteiger charge is 2.26. The molecule has 0 radical (unpaired) electrons. The second-order valence-corrected chi connectivity index (χ2v) is 6.36. The van der Waals surface area contributed by atoms with Crippen LogP contribution in [-0.4, -0.2) is 60.5 Å². The zero-order valence-electron chi connectivity index (χ0n) is 13.7. The number of rotatable bonds is 4. The maximum Gasteiger partial charge on any atom is 0.253 e. The van der Waals surface area contributed by atoms with E-state index in [2.05, 4.69) is 0 Å². The molecule has 1 atom stereocenters. The van der Waals surface area contributed by atoms with Gasteiger partial charge in [0.15, 0.2) is 0 Å². The molecule has 2 aliphatic rings. The standard InChI is InChI=1S/C18H24N2O3/c1-14-2-4-15(5-3-14)18(22)20-11-9-19(10-12-20)17(21)7-6-16-8-13-23-16/h2-5,16H,6-13H2,1H3. The van der Waals surface area contributed by atoms with E-state index in [-0.39, 0.29) is 17.9 Å². The quantitative estimate of drug-likeness (QED) is 0.852. The lowest BCUT2D eigenvalue weighted by atomic mass is 10.1. The molecule has 0 saturated carbocycles. The summed E-state index contributed by atoms with van der Waals surface area (Å²) in [5.74, 6) is 0.239. The minimum absolute atomic E-state index is 0.0555. The predicted molar refractivity (Wildman–Crippen MR) is 87.3 cm³/mol. The number of hydrogen-bond acceptors (Lipinski definition) is 3. The number of piperazine rings is 1. The van der Waals surface area contributed by atoms with E-state index >= 15 is 0 Å². The van der Waals surface area contributed by atoms with Crippen LogP contribution >= 0.6 is 0 Å². The number of carbonyl (C=O) groups excluding carboxylic acids is 2. The summed E-state index contributed by atoms with van der Waals surface area (Å²) in [5.41, 5.74) is 1.87. The average molecular weight is 316 g/mol. The van der Waals surface area contributed by atoms with Crippen molar-refractivity contribution in [2.24, 2.45) is 0 Å². The number of ether oxygens (including phenoxy) is 1. The maximum absolute atomic E-state index is 12.5. The fourth-order valence-corrected chi connectivity index (χ4v) is 2.99. The molecular weight excluding hydrogens is 292 g/mol. The molecule has 5 heteroatoms. The van der Waals surface area contributed by atoms with Crippen molar-refractivity contribution >= 4 is 11.8 Å². The van der Waals surface area contributed by atoms with E-state index in [1.807, 2.05) is 41.0 Å². The van der Waals surface area contributed by atoms with Gasteiger partial charge in [-0.1, -0.05) is 17.7 Å². The lowest BCUT2D eigenvalue weighted by Gasteiger charge is -2.35. The largest absolute Gasteiger partial charge is 0.378 e. The molecule has 1 aromatic carbocycles. The molecule has 1 aromatic rings. The molecule has 2 amide bonds. The van der Waals surface area contributed by atoms with Gasteiger partial charge in [0.05, 0.1) is 6.10 Å². The number of nitrogens with zero attached hydrogens (tertiary/aromatic N) is 2. The lowest BCUT2D eigenvalue weighted by molar-refractivity contribution is -0.134. The minimum Gasteiger partial charge on any atom is -0.378 e. The Labute approximate surface area is 137 Å². The third-order valence-corrected chi connectivity index (χ3v) is 4.69. The number of benzene rings is 1. The molecule has 2 saturated heterocycles. The third-order valence-electron chi connectivity index (χ3n) is 4.69. The Morgan fingerprint density at radius 3 is 2.26 bits per heavy atom. The van der Waals surface area contributed by atoms with Crippen LogP contribution < -0.4 is 0 Å². The highest BCUT2D eigenvalue weighted by Crippen LogP contribution is 2.18. The van der Waals surface area contributed by atoms with Crippen LogP contribution in [0.5, 0.6) is 0 Å². The summed E-state index contributed by atoms with van der Waals surface area (Å²) >= 11 is 0. The topological polar surface area (TPSA) is 49.9 Å².